The van der Waals surface area contributed by atoms with Gasteiger partial charge in [0.15, 0.2) is 5.78 Å². The Balaban J connectivity index is 1.89. The molecule has 120 valence electrons. The first-order chi connectivity index (χ1) is 11.3. The van der Waals surface area contributed by atoms with Crippen molar-refractivity contribution >= 4 is 21.7 Å². The first-order valence-electron chi connectivity index (χ1n) is 8.30. The Morgan fingerprint density at radius 1 is 0.870 bits per heavy atom. The summed E-state index contributed by atoms with van der Waals surface area (Å²) in [6.45, 7) is 2.12. The third kappa shape index (κ3) is 3.91. The molecule has 0 amide bonds. The van der Waals surface area contributed by atoms with Crippen LogP contribution >= 0.6 is 15.9 Å². The number of hydrogen-bond donors (Lipinski definition) is 0. The fourth-order valence-electron chi connectivity index (χ4n) is 3.32. The lowest BCUT2D eigenvalue weighted by Crippen LogP contribution is -2.40. The normalized spacial score (nSPS) is 18.3. The van der Waals surface area contributed by atoms with E-state index in [2.05, 4.69) is 45.1 Å². The van der Waals surface area contributed by atoms with Crippen LogP contribution in [0.4, 0.5) is 0 Å². The number of ketones is 1. The van der Waals surface area contributed by atoms with Gasteiger partial charge in [-0.1, -0.05) is 83.0 Å². The lowest BCUT2D eigenvalue weighted by molar-refractivity contribution is 0.0915. The minimum Gasteiger partial charge on any atom is -0.295 e. The van der Waals surface area contributed by atoms with Crippen LogP contribution in [0.3, 0.4) is 0 Å². The Kier molecular flexibility index (Phi) is 5.63. The molecule has 1 aliphatic heterocycles. The van der Waals surface area contributed by atoms with Crippen molar-refractivity contribution in [3.63, 3.8) is 0 Å². The summed E-state index contributed by atoms with van der Waals surface area (Å²) in [4.78, 5) is 15.2. The molecular weight excluding hydrogens is 350 g/mol. The third-order valence-corrected chi connectivity index (χ3v) is 5.43. The SMILES string of the molecule is O=C(c1ccccc1)[C@H](Br)[C@@H](c1ccccc1)N1CCCCC1. The fourth-order valence-corrected chi connectivity index (χ4v) is 4.22. The summed E-state index contributed by atoms with van der Waals surface area (Å²) < 4.78 is 0. The van der Waals surface area contributed by atoms with Crippen molar-refractivity contribution in [2.45, 2.75) is 30.1 Å². The Bertz CT molecular complexity index is 623. The first kappa shape index (κ1) is 16.4. The van der Waals surface area contributed by atoms with E-state index in [4.69, 9.17) is 0 Å². The molecule has 2 aromatic rings. The van der Waals surface area contributed by atoms with Gasteiger partial charge < -0.3 is 0 Å². The van der Waals surface area contributed by atoms with E-state index < -0.39 is 0 Å². The van der Waals surface area contributed by atoms with Crippen LogP contribution in [0.5, 0.6) is 0 Å². The molecule has 3 rings (SSSR count). The van der Waals surface area contributed by atoms with E-state index in [-0.39, 0.29) is 16.7 Å². The van der Waals surface area contributed by atoms with Crippen LogP contribution in [0.1, 0.15) is 41.2 Å². The number of nitrogens with zero attached hydrogens (tertiary/aromatic N) is 1. The molecule has 0 unspecified atom stereocenters. The molecule has 2 atom stereocenters. The highest BCUT2D eigenvalue weighted by molar-refractivity contribution is 9.10. The van der Waals surface area contributed by atoms with E-state index in [0.717, 1.165) is 18.7 Å². The van der Waals surface area contributed by atoms with Gasteiger partial charge in [-0.15, -0.1) is 0 Å². The number of Topliss-reactive ketones (excluding diaryl/α,β-unsaturated/α-hetero) is 1. The molecule has 1 aliphatic rings. The van der Waals surface area contributed by atoms with E-state index in [1.807, 2.05) is 36.4 Å². The second-order valence-corrected chi connectivity index (χ2v) is 7.07. The average Bonchev–Trinajstić information content (AvgIpc) is 2.64. The van der Waals surface area contributed by atoms with Crippen LogP contribution in [0.2, 0.25) is 0 Å². The molecule has 0 radical (unpaired) electrons. The quantitative estimate of drug-likeness (QED) is 0.552. The monoisotopic (exact) mass is 371 g/mol. The number of hydrogen-bond acceptors (Lipinski definition) is 2. The second kappa shape index (κ2) is 7.89. The maximum atomic E-state index is 12.9. The number of benzene rings is 2. The van der Waals surface area contributed by atoms with Gasteiger partial charge in [-0.2, -0.15) is 0 Å². The topological polar surface area (TPSA) is 20.3 Å². The lowest BCUT2D eigenvalue weighted by atomic mass is 9.94. The zero-order valence-electron chi connectivity index (χ0n) is 13.2. The predicted molar refractivity (Wildman–Crippen MR) is 98.1 cm³/mol. The van der Waals surface area contributed by atoms with Crippen molar-refractivity contribution in [2.24, 2.45) is 0 Å². The Hall–Kier alpha value is -1.45. The Labute approximate surface area is 146 Å². The largest absolute Gasteiger partial charge is 0.295 e. The minimum atomic E-state index is -0.231. The fraction of sp³-hybridized carbons (Fsp3) is 0.350. The Morgan fingerprint density at radius 3 is 2.04 bits per heavy atom. The number of halogens is 1. The van der Waals surface area contributed by atoms with Crippen LogP contribution in [0.15, 0.2) is 60.7 Å². The summed E-state index contributed by atoms with van der Waals surface area (Å²) in [5.41, 5.74) is 1.98. The summed E-state index contributed by atoms with van der Waals surface area (Å²) in [6, 6.07) is 20.1. The number of piperidine rings is 1. The van der Waals surface area contributed by atoms with Gasteiger partial charge >= 0.3 is 0 Å². The molecule has 1 saturated heterocycles. The van der Waals surface area contributed by atoms with Crippen LogP contribution in [-0.2, 0) is 0 Å². The number of alkyl halides is 1. The van der Waals surface area contributed by atoms with Crippen LogP contribution < -0.4 is 0 Å². The molecule has 0 N–H and O–H groups in total. The highest BCUT2D eigenvalue weighted by Gasteiger charge is 2.33. The van der Waals surface area contributed by atoms with Crippen molar-refractivity contribution in [1.82, 2.24) is 4.90 Å². The minimum absolute atomic E-state index is 0.0872. The van der Waals surface area contributed by atoms with Crippen LogP contribution in [-0.4, -0.2) is 28.6 Å². The number of carbonyl (C=O) groups is 1. The molecule has 0 aliphatic carbocycles. The number of rotatable bonds is 5. The first-order valence-corrected chi connectivity index (χ1v) is 9.21. The van der Waals surface area contributed by atoms with Crippen molar-refractivity contribution in [1.29, 1.82) is 0 Å². The van der Waals surface area contributed by atoms with E-state index in [1.165, 1.54) is 24.8 Å². The molecule has 2 nitrogen and oxygen atoms in total. The van der Waals surface area contributed by atoms with E-state index in [9.17, 15) is 4.79 Å². The van der Waals surface area contributed by atoms with Gasteiger partial charge in [0.05, 0.1) is 10.9 Å². The van der Waals surface area contributed by atoms with Gasteiger partial charge in [0, 0.05) is 5.56 Å². The summed E-state index contributed by atoms with van der Waals surface area (Å²) in [7, 11) is 0. The van der Waals surface area contributed by atoms with Crippen molar-refractivity contribution in [3.8, 4) is 0 Å². The van der Waals surface area contributed by atoms with Crippen molar-refractivity contribution < 1.29 is 4.79 Å². The van der Waals surface area contributed by atoms with Gasteiger partial charge in [-0.05, 0) is 31.5 Å². The zero-order valence-corrected chi connectivity index (χ0v) is 14.8. The number of likely N-dealkylation sites (tertiary alicyclic amines) is 1. The molecule has 1 heterocycles. The third-order valence-electron chi connectivity index (χ3n) is 4.51. The maximum absolute atomic E-state index is 12.9. The molecule has 0 bridgehead atoms. The number of carbonyl (C=O) groups excluding carboxylic acids is 1. The molecule has 2 aromatic carbocycles. The van der Waals surface area contributed by atoms with Crippen LogP contribution in [0, 0.1) is 0 Å². The van der Waals surface area contributed by atoms with Crippen molar-refractivity contribution in [2.75, 3.05) is 13.1 Å². The smallest absolute Gasteiger partial charge is 0.178 e. The maximum Gasteiger partial charge on any atom is 0.178 e. The van der Waals surface area contributed by atoms with Crippen molar-refractivity contribution in [3.05, 3.63) is 71.8 Å². The molecule has 23 heavy (non-hydrogen) atoms. The van der Waals surface area contributed by atoms with E-state index in [0.29, 0.717) is 0 Å². The standard InChI is InChI=1S/C20H22BrNO/c21-18(20(23)17-12-6-2-7-13-17)19(16-10-4-1-5-11-16)22-14-8-3-9-15-22/h1-2,4-7,10-13,18-19H,3,8-9,14-15H2/t18-,19-/m1/s1. The van der Waals surface area contributed by atoms with E-state index >= 15 is 0 Å². The molecule has 0 spiro atoms. The predicted octanol–water partition coefficient (Wildman–Crippen LogP) is 4.86. The molecule has 0 aromatic heterocycles. The van der Waals surface area contributed by atoms with Gasteiger partial charge in [0.1, 0.15) is 0 Å². The van der Waals surface area contributed by atoms with Crippen LogP contribution in [0.25, 0.3) is 0 Å². The molecule has 1 fully saturated rings. The Morgan fingerprint density at radius 2 is 1.43 bits per heavy atom. The van der Waals surface area contributed by atoms with Gasteiger partial charge in [-0.3, -0.25) is 9.69 Å². The molecular formula is C20H22BrNO. The highest BCUT2D eigenvalue weighted by atomic mass is 79.9. The summed E-state index contributed by atoms with van der Waals surface area (Å²) >= 11 is 3.73. The van der Waals surface area contributed by atoms with Gasteiger partial charge in [0.2, 0.25) is 0 Å². The summed E-state index contributed by atoms with van der Waals surface area (Å²) in [5.74, 6) is 0.157. The molecule has 0 saturated carbocycles. The zero-order chi connectivity index (χ0) is 16.1. The molecule has 3 heteroatoms. The second-order valence-electron chi connectivity index (χ2n) is 6.08. The lowest BCUT2D eigenvalue weighted by Gasteiger charge is -2.37. The summed E-state index contributed by atoms with van der Waals surface area (Å²) in [6.07, 6.45) is 3.71. The summed E-state index contributed by atoms with van der Waals surface area (Å²) in [5, 5.41) is 0. The van der Waals surface area contributed by atoms with E-state index in [1.54, 1.807) is 0 Å². The van der Waals surface area contributed by atoms with Gasteiger partial charge in [-0.25, -0.2) is 0 Å². The van der Waals surface area contributed by atoms with Gasteiger partial charge in [0.25, 0.3) is 0 Å². The average molecular weight is 372 g/mol. The highest BCUT2D eigenvalue weighted by Crippen LogP contribution is 2.33.